The highest BCUT2D eigenvalue weighted by Gasteiger charge is 2.20. The van der Waals surface area contributed by atoms with Crippen LogP contribution in [0.4, 0.5) is 17.1 Å². The molecule has 4 aromatic rings. The average Bonchev–Trinajstić information content (AvgIpc) is 3.07. The Morgan fingerprint density at radius 1 is 0.766 bits per heavy atom. The van der Waals surface area contributed by atoms with Gasteiger partial charge in [0.25, 0.3) is 11.8 Å². The van der Waals surface area contributed by atoms with Gasteiger partial charge in [0, 0.05) is 40.0 Å². The largest absolute Gasteiger partial charge is 0.497 e. The summed E-state index contributed by atoms with van der Waals surface area (Å²) in [5, 5.41) is 10.8. The van der Waals surface area contributed by atoms with Crippen molar-refractivity contribution in [3.63, 3.8) is 0 Å². The van der Waals surface area contributed by atoms with Gasteiger partial charge in [0.2, 0.25) is 11.8 Å². The first-order valence-electron chi connectivity index (χ1n) is 14.8. The minimum absolute atomic E-state index is 0.0150. The van der Waals surface area contributed by atoms with Gasteiger partial charge in [-0.1, -0.05) is 31.2 Å². The lowest BCUT2D eigenvalue weighted by atomic mass is 10.1. The second-order valence-corrected chi connectivity index (χ2v) is 11.5. The number of anilines is 3. The zero-order valence-electron chi connectivity index (χ0n) is 26.5. The van der Waals surface area contributed by atoms with Gasteiger partial charge < -0.3 is 30.7 Å². The Balaban J connectivity index is 1.52. The van der Waals surface area contributed by atoms with E-state index in [-0.39, 0.29) is 17.5 Å². The molecule has 4 amide bonds. The number of ether oxygens (including phenoxy) is 2. The fourth-order valence-corrected chi connectivity index (χ4v) is 5.46. The number of nitrogens with one attached hydrogen (secondary N) is 4. The molecule has 0 bridgehead atoms. The molecule has 47 heavy (non-hydrogen) atoms. The predicted octanol–water partition coefficient (Wildman–Crippen LogP) is 6.58. The maximum absolute atomic E-state index is 13.7. The molecular weight excluding hydrogens is 616 g/mol. The molecule has 0 heterocycles. The molecule has 0 radical (unpaired) electrons. The Labute approximate surface area is 277 Å². The van der Waals surface area contributed by atoms with Crippen LogP contribution in [0.2, 0.25) is 0 Å². The SMILES string of the molecule is CCC(Sc1cccc(NC(=O)/C(=C\c2cc(OC)ccc2OC)NC(=O)c2ccccc2)c1)C(=O)Nc1ccc(NC(C)=O)cc1. The van der Waals surface area contributed by atoms with Crippen LogP contribution < -0.4 is 30.7 Å². The van der Waals surface area contributed by atoms with E-state index < -0.39 is 17.1 Å². The van der Waals surface area contributed by atoms with Gasteiger partial charge in [0.05, 0.1) is 19.5 Å². The van der Waals surface area contributed by atoms with Crippen LogP contribution in [0.1, 0.15) is 36.2 Å². The third-order valence-electron chi connectivity index (χ3n) is 6.77. The van der Waals surface area contributed by atoms with Gasteiger partial charge >= 0.3 is 0 Å². The molecule has 4 N–H and O–H groups in total. The van der Waals surface area contributed by atoms with Crippen LogP contribution in [-0.4, -0.2) is 43.1 Å². The molecule has 0 aliphatic carbocycles. The lowest BCUT2D eigenvalue weighted by Crippen LogP contribution is -2.30. The van der Waals surface area contributed by atoms with Crippen LogP contribution in [0.25, 0.3) is 6.08 Å². The summed E-state index contributed by atoms with van der Waals surface area (Å²) >= 11 is 1.36. The topological polar surface area (TPSA) is 135 Å². The van der Waals surface area contributed by atoms with Crippen LogP contribution in [0.5, 0.6) is 11.5 Å². The van der Waals surface area contributed by atoms with E-state index in [9.17, 15) is 19.2 Å². The zero-order valence-corrected chi connectivity index (χ0v) is 27.3. The third-order valence-corrected chi connectivity index (χ3v) is 8.13. The van der Waals surface area contributed by atoms with E-state index in [1.165, 1.54) is 39.0 Å². The highest BCUT2D eigenvalue weighted by atomic mass is 32.2. The van der Waals surface area contributed by atoms with E-state index in [2.05, 4.69) is 21.3 Å². The van der Waals surface area contributed by atoms with Gasteiger partial charge in [-0.05, 0) is 85.3 Å². The smallest absolute Gasteiger partial charge is 0.272 e. The van der Waals surface area contributed by atoms with E-state index in [1.807, 2.05) is 13.0 Å². The lowest BCUT2D eigenvalue weighted by Gasteiger charge is -2.16. The molecule has 11 heteroatoms. The normalized spacial score (nSPS) is 11.5. The Morgan fingerprint density at radius 2 is 1.47 bits per heavy atom. The number of benzene rings is 4. The molecule has 242 valence electrons. The molecule has 0 saturated heterocycles. The number of hydrogen-bond donors (Lipinski definition) is 4. The van der Waals surface area contributed by atoms with Crippen LogP contribution in [0, 0.1) is 0 Å². The van der Waals surface area contributed by atoms with Crippen molar-refractivity contribution in [2.24, 2.45) is 0 Å². The molecule has 0 spiro atoms. The van der Waals surface area contributed by atoms with Gasteiger partial charge in [0.15, 0.2) is 0 Å². The summed E-state index contributed by atoms with van der Waals surface area (Å²) in [4.78, 5) is 51.9. The number of thioether (sulfide) groups is 1. The van der Waals surface area contributed by atoms with Crippen molar-refractivity contribution in [3.05, 3.63) is 114 Å². The van der Waals surface area contributed by atoms with Gasteiger partial charge in [-0.3, -0.25) is 19.2 Å². The first kappa shape index (κ1) is 34.3. The fraction of sp³-hybridized carbons (Fsp3) is 0.167. The van der Waals surface area contributed by atoms with Crippen LogP contribution in [0.15, 0.2) is 108 Å². The minimum Gasteiger partial charge on any atom is -0.497 e. The van der Waals surface area contributed by atoms with Crippen molar-refractivity contribution < 1.29 is 28.7 Å². The van der Waals surface area contributed by atoms with Crippen molar-refractivity contribution in [3.8, 4) is 11.5 Å². The molecule has 1 unspecified atom stereocenters. The number of carbonyl (C=O) groups excluding carboxylic acids is 4. The van der Waals surface area contributed by atoms with Crippen molar-refractivity contribution in [1.82, 2.24) is 5.32 Å². The molecule has 0 saturated carbocycles. The number of rotatable bonds is 13. The molecule has 0 aliphatic rings. The summed E-state index contributed by atoms with van der Waals surface area (Å²) in [6.07, 6.45) is 2.08. The van der Waals surface area contributed by atoms with Crippen molar-refractivity contribution in [2.75, 3.05) is 30.2 Å². The predicted molar refractivity (Wildman–Crippen MR) is 186 cm³/mol. The lowest BCUT2D eigenvalue weighted by molar-refractivity contribution is -0.116. The summed E-state index contributed by atoms with van der Waals surface area (Å²) < 4.78 is 10.8. The summed E-state index contributed by atoms with van der Waals surface area (Å²) in [7, 11) is 3.04. The molecule has 1 atom stereocenters. The number of hydrogen-bond acceptors (Lipinski definition) is 7. The van der Waals surface area contributed by atoms with Gasteiger partial charge in [-0.25, -0.2) is 0 Å². The first-order chi connectivity index (χ1) is 22.7. The van der Waals surface area contributed by atoms with Crippen LogP contribution in [-0.2, 0) is 14.4 Å². The number of amides is 4. The number of carbonyl (C=O) groups is 4. The van der Waals surface area contributed by atoms with Crippen molar-refractivity contribution >= 4 is 58.5 Å². The zero-order chi connectivity index (χ0) is 33.8. The second kappa shape index (κ2) is 16.7. The fourth-order valence-electron chi connectivity index (χ4n) is 4.45. The second-order valence-electron chi connectivity index (χ2n) is 10.2. The maximum atomic E-state index is 13.7. The molecular formula is C36H36N4O6S. The summed E-state index contributed by atoms with van der Waals surface area (Å²) in [5.41, 5.74) is 2.61. The summed E-state index contributed by atoms with van der Waals surface area (Å²) in [6, 6.07) is 27.7. The molecule has 0 fully saturated rings. The van der Waals surface area contributed by atoms with Gasteiger partial charge in [-0.15, -0.1) is 11.8 Å². The molecule has 0 aliphatic heterocycles. The van der Waals surface area contributed by atoms with E-state index in [0.29, 0.717) is 46.1 Å². The van der Waals surface area contributed by atoms with E-state index in [4.69, 9.17) is 9.47 Å². The number of methoxy groups -OCH3 is 2. The third kappa shape index (κ3) is 9.97. The highest BCUT2D eigenvalue weighted by Crippen LogP contribution is 2.30. The Hall–Kier alpha value is -5.55. The Kier molecular flexibility index (Phi) is 12.2. The summed E-state index contributed by atoms with van der Waals surface area (Å²) in [5.74, 6) is -0.346. The van der Waals surface area contributed by atoms with Crippen LogP contribution in [0.3, 0.4) is 0 Å². The van der Waals surface area contributed by atoms with Gasteiger partial charge in [0.1, 0.15) is 17.2 Å². The molecule has 4 aromatic carbocycles. The standard InChI is InChI=1S/C36H36N4O6S/c1-5-33(36(44)38-27-16-14-26(15-17-27)37-23(2)41)47-30-13-9-12-28(22-30)39-35(43)31(40-34(42)24-10-7-6-8-11-24)21-25-20-29(45-3)18-19-32(25)46-4/h6-22,33H,5H2,1-4H3,(H,37,41)(H,38,44)(H,39,43)(H,40,42)/b31-21+. The monoisotopic (exact) mass is 652 g/mol. The molecule has 4 rings (SSSR count). The van der Waals surface area contributed by atoms with E-state index in [0.717, 1.165) is 4.90 Å². The molecule has 0 aromatic heterocycles. The van der Waals surface area contributed by atoms with E-state index in [1.54, 1.807) is 91.0 Å². The van der Waals surface area contributed by atoms with Gasteiger partial charge in [-0.2, -0.15) is 0 Å². The first-order valence-corrected chi connectivity index (χ1v) is 15.6. The van der Waals surface area contributed by atoms with Crippen LogP contribution >= 0.6 is 11.8 Å². The van der Waals surface area contributed by atoms with E-state index >= 15 is 0 Å². The Bertz CT molecular complexity index is 1760. The van der Waals surface area contributed by atoms with Crippen molar-refractivity contribution in [1.29, 1.82) is 0 Å². The summed E-state index contributed by atoms with van der Waals surface area (Å²) in [6.45, 7) is 3.35. The van der Waals surface area contributed by atoms with Crippen molar-refractivity contribution in [2.45, 2.75) is 30.4 Å². The molecule has 10 nitrogen and oxygen atoms in total. The quantitative estimate of drug-likeness (QED) is 0.0947. The minimum atomic E-state index is -0.561. The Morgan fingerprint density at radius 3 is 2.11 bits per heavy atom. The maximum Gasteiger partial charge on any atom is 0.272 e. The average molecular weight is 653 g/mol. The highest BCUT2D eigenvalue weighted by molar-refractivity contribution is 8.00.